The maximum absolute atomic E-state index is 13.4. The minimum Gasteiger partial charge on any atom is -0.323 e. The highest BCUT2D eigenvalue weighted by Crippen LogP contribution is 2.29. The van der Waals surface area contributed by atoms with E-state index in [-0.39, 0.29) is 5.82 Å². The molecule has 2 rings (SSSR count). The summed E-state index contributed by atoms with van der Waals surface area (Å²) in [5.41, 5.74) is 5.04. The molecule has 1 aromatic heterocycles. The Kier molecular flexibility index (Phi) is 3.48. The number of nitrogen functional groups attached to an aromatic ring is 1. The Balaban J connectivity index is 2.82. The second-order valence-electron chi connectivity index (χ2n) is 4.18. The number of fused-ring (bicyclic) bond motifs is 1. The Morgan fingerprint density at radius 2 is 2.06 bits per heavy atom. The molecule has 0 atom stereocenters. The molecule has 0 aliphatic rings. The molecule has 0 unspecified atom stereocenters. The highest BCUT2D eigenvalue weighted by Gasteiger charge is 2.11. The molecular formula is C12H13FIN3. The lowest BCUT2D eigenvalue weighted by Crippen LogP contribution is -2.09. The van der Waals surface area contributed by atoms with Crippen LogP contribution in [0.25, 0.3) is 10.9 Å². The maximum atomic E-state index is 13.4. The Bertz CT molecular complexity index is 569. The van der Waals surface area contributed by atoms with Crippen LogP contribution in [0.1, 0.15) is 25.5 Å². The van der Waals surface area contributed by atoms with Crippen molar-refractivity contribution >= 4 is 39.2 Å². The molecule has 0 spiro atoms. The normalized spacial score (nSPS) is 11.2. The van der Waals surface area contributed by atoms with E-state index in [1.54, 1.807) is 0 Å². The van der Waals surface area contributed by atoms with Gasteiger partial charge < -0.3 is 5.43 Å². The van der Waals surface area contributed by atoms with Crippen LogP contribution in [0.5, 0.6) is 0 Å². The van der Waals surface area contributed by atoms with Crippen LogP contribution < -0.4 is 11.3 Å². The van der Waals surface area contributed by atoms with Gasteiger partial charge in [0.1, 0.15) is 5.82 Å². The molecule has 0 aliphatic carbocycles. The van der Waals surface area contributed by atoms with Gasteiger partial charge in [-0.1, -0.05) is 13.8 Å². The van der Waals surface area contributed by atoms with Crippen molar-refractivity contribution in [2.45, 2.75) is 19.8 Å². The van der Waals surface area contributed by atoms with Crippen molar-refractivity contribution in [2.75, 3.05) is 5.43 Å². The fourth-order valence-corrected chi connectivity index (χ4v) is 2.40. The van der Waals surface area contributed by atoms with Crippen LogP contribution in [-0.4, -0.2) is 4.98 Å². The lowest BCUT2D eigenvalue weighted by Gasteiger charge is -2.12. The van der Waals surface area contributed by atoms with Crippen LogP contribution in [0.2, 0.25) is 0 Å². The molecule has 0 fully saturated rings. The first-order valence-corrected chi connectivity index (χ1v) is 6.37. The van der Waals surface area contributed by atoms with Crippen LogP contribution in [0, 0.1) is 9.39 Å². The number of hydrogen-bond acceptors (Lipinski definition) is 3. The first-order chi connectivity index (χ1) is 8.02. The molecule has 0 amide bonds. The van der Waals surface area contributed by atoms with Crippen molar-refractivity contribution in [1.82, 2.24) is 4.98 Å². The van der Waals surface area contributed by atoms with E-state index in [0.29, 0.717) is 17.0 Å². The number of hydrazine groups is 1. The summed E-state index contributed by atoms with van der Waals surface area (Å²) in [6.07, 6.45) is 0. The van der Waals surface area contributed by atoms with Crippen molar-refractivity contribution in [3.8, 4) is 0 Å². The summed E-state index contributed by atoms with van der Waals surface area (Å²) in [7, 11) is 0. The van der Waals surface area contributed by atoms with Crippen molar-refractivity contribution in [3.63, 3.8) is 0 Å². The van der Waals surface area contributed by atoms with Crippen molar-refractivity contribution in [2.24, 2.45) is 5.84 Å². The summed E-state index contributed by atoms with van der Waals surface area (Å²) >= 11 is 2.09. The molecule has 1 heterocycles. The van der Waals surface area contributed by atoms with Crippen molar-refractivity contribution < 1.29 is 4.39 Å². The number of nitrogens with one attached hydrogen (secondary N) is 1. The number of rotatable bonds is 2. The first-order valence-electron chi connectivity index (χ1n) is 5.29. The zero-order valence-corrected chi connectivity index (χ0v) is 11.7. The third kappa shape index (κ3) is 2.35. The molecule has 5 heteroatoms. The van der Waals surface area contributed by atoms with Crippen LogP contribution in [0.15, 0.2) is 18.2 Å². The number of halogens is 2. The van der Waals surface area contributed by atoms with Crippen LogP contribution in [0.4, 0.5) is 10.1 Å². The summed E-state index contributed by atoms with van der Waals surface area (Å²) in [6.45, 7) is 4.12. The van der Waals surface area contributed by atoms with Gasteiger partial charge in [-0.15, -0.1) is 0 Å². The Morgan fingerprint density at radius 1 is 1.35 bits per heavy atom. The van der Waals surface area contributed by atoms with E-state index in [0.717, 1.165) is 14.8 Å². The topological polar surface area (TPSA) is 50.9 Å². The molecule has 17 heavy (non-hydrogen) atoms. The standard InChI is InChI=1S/C12H13FIN3/c1-6(2)10-5-11(17-15)8-3-7(13)4-9(14)12(8)16-10/h3-6H,15H2,1-2H3,(H,16,17). The van der Waals surface area contributed by atoms with Crippen molar-refractivity contribution in [1.29, 1.82) is 0 Å². The van der Waals surface area contributed by atoms with Crippen LogP contribution in [-0.2, 0) is 0 Å². The monoisotopic (exact) mass is 345 g/mol. The average molecular weight is 345 g/mol. The number of pyridine rings is 1. The summed E-state index contributed by atoms with van der Waals surface area (Å²) in [5, 5.41) is 0.710. The smallest absolute Gasteiger partial charge is 0.125 e. The second kappa shape index (κ2) is 4.73. The predicted octanol–water partition coefficient (Wildman–Crippen LogP) is 3.39. The lowest BCUT2D eigenvalue weighted by molar-refractivity contribution is 0.628. The number of benzene rings is 1. The largest absolute Gasteiger partial charge is 0.323 e. The highest BCUT2D eigenvalue weighted by atomic mass is 127. The molecule has 0 radical (unpaired) electrons. The minimum absolute atomic E-state index is 0.280. The van der Waals surface area contributed by atoms with E-state index in [1.807, 2.05) is 6.07 Å². The molecule has 2 aromatic rings. The average Bonchev–Trinajstić information content (AvgIpc) is 2.27. The van der Waals surface area contributed by atoms with Crippen LogP contribution in [0.3, 0.4) is 0 Å². The van der Waals surface area contributed by atoms with E-state index in [1.165, 1.54) is 12.1 Å². The molecule has 3 nitrogen and oxygen atoms in total. The molecule has 0 bridgehead atoms. The number of aromatic nitrogens is 1. The minimum atomic E-state index is -0.280. The zero-order valence-electron chi connectivity index (χ0n) is 9.59. The van der Waals surface area contributed by atoms with E-state index < -0.39 is 0 Å². The fraction of sp³-hybridized carbons (Fsp3) is 0.250. The van der Waals surface area contributed by atoms with Gasteiger partial charge in [-0.05, 0) is 46.7 Å². The van der Waals surface area contributed by atoms with Crippen molar-refractivity contribution in [3.05, 3.63) is 33.3 Å². The Labute approximate surface area is 113 Å². The maximum Gasteiger partial charge on any atom is 0.125 e. The Morgan fingerprint density at radius 3 is 2.65 bits per heavy atom. The third-order valence-electron chi connectivity index (χ3n) is 2.60. The molecular weight excluding hydrogens is 332 g/mol. The van der Waals surface area contributed by atoms with Gasteiger partial charge >= 0.3 is 0 Å². The molecule has 1 aromatic carbocycles. The highest BCUT2D eigenvalue weighted by molar-refractivity contribution is 14.1. The van der Waals surface area contributed by atoms with Gasteiger partial charge in [0.15, 0.2) is 0 Å². The molecule has 0 saturated carbocycles. The third-order valence-corrected chi connectivity index (χ3v) is 3.42. The van der Waals surface area contributed by atoms with Gasteiger partial charge in [-0.2, -0.15) is 0 Å². The van der Waals surface area contributed by atoms with Gasteiger partial charge in [0.25, 0.3) is 0 Å². The zero-order chi connectivity index (χ0) is 12.6. The lowest BCUT2D eigenvalue weighted by atomic mass is 10.1. The molecule has 90 valence electrons. The van der Waals surface area contributed by atoms with Gasteiger partial charge in [0, 0.05) is 14.7 Å². The van der Waals surface area contributed by atoms with Gasteiger partial charge in [-0.25, -0.2) is 4.39 Å². The van der Waals surface area contributed by atoms with Crippen LogP contribution >= 0.6 is 22.6 Å². The van der Waals surface area contributed by atoms with E-state index in [2.05, 4.69) is 46.8 Å². The second-order valence-corrected chi connectivity index (χ2v) is 5.34. The summed E-state index contributed by atoms with van der Waals surface area (Å²) < 4.78 is 14.2. The summed E-state index contributed by atoms with van der Waals surface area (Å²) in [4.78, 5) is 4.55. The predicted molar refractivity (Wildman–Crippen MR) is 76.3 cm³/mol. The van der Waals surface area contributed by atoms with Gasteiger partial charge in [-0.3, -0.25) is 10.8 Å². The quantitative estimate of drug-likeness (QED) is 0.498. The number of nitrogens with zero attached hydrogens (tertiary/aromatic N) is 1. The first kappa shape index (κ1) is 12.5. The molecule has 3 N–H and O–H groups in total. The van der Waals surface area contributed by atoms with Gasteiger partial charge in [0.2, 0.25) is 0 Å². The Hall–Kier alpha value is -0.950. The molecule has 0 saturated heterocycles. The SMILES string of the molecule is CC(C)c1cc(NN)c2cc(F)cc(I)c2n1. The molecule has 0 aliphatic heterocycles. The fourth-order valence-electron chi connectivity index (χ4n) is 1.69. The summed E-state index contributed by atoms with van der Waals surface area (Å²) in [5.74, 6) is 5.50. The van der Waals surface area contributed by atoms with E-state index >= 15 is 0 Å². The number of anilines is 1. The van der Waals surface area contributed by atoms with E-state index in [9.17, 15) is 4.39 Å². The van der Waals surface area contributed by atoms with E-state index in [4.69, 9.17) is 5.84 Å². The number of hydrogen-bond donors (Lipinski definition) is 2. The van der Waals surface area contributed by atoms with Gasteiger partial charge in [0.05, 0.1) is 11.2 Å². The number of nitrogens with two attached hydrogens (primary N) is 1. The summed E-state index contributed by atoms with van der Waals surface area (Å²) in [6, 6.07) is 4.78.